The maximum absolute atomic E-state index is 12.5. The van der Waals surface area contributed by atoms with Gasteiger partial charge in [0.25, 0.3) is 0 Å². The van der Waals surface area contributed by atoms with Crippen molar-refractivity contribution in [2.24, 2.45) is 4.99 Å². The molecular weight excluding hydrogens is 349 g/mol. The highest BCUT2D eigenvalue weighted by molar-refractivity contribution is 7.98. The van der Waals surface area contributed by atoms with Crippen LogP contribution in [0.2, 0.25) is 0 Å². The van der Waals surface area contributed by atoms with Crippen molar-refractivity contribution in [2.75, 3.05) is 32.9 Å². The van der Waals surface area contributed by atoms with Crippen LogP contribution in [0.25, 0.3) is 0 Å². The fraction of sp³-hybridized carbons (Fsp3) is 0.588. The number of nitrogens with one attached hydrogen (secondary N) is 2. The Balaban J connectivity index is 1.86. The smallest absolute Gasteiger partial charge is 0.352 e. The highest BCUT2D eigenvalue weighted by Gasteiger charge is 2.34. The van der Waals surface area contributed by atoms with Gasteiger partial charge in [-0.1, -0.05) is 12.1 Å². The molecule has 0 spiro atoms. The SMILES string of the molecule is CN=C(NCc1ccc(C)cc1SC)NC1CCN(CC(F)(F)F)C1. The van der Waals surface area contributed by atoms with Crippen LogP contribution in [0.3, 0.4) is 0 Å². The Bertz CT molecular complexity index is 604. The number of hydrogen-bond acceptors (Lipinski definition) is 3. The zero-order valence-corrected chi connectivity index (χ0v) is 15.6. The molecule has 1 saturated heterocycles. The van der Waals surface area contributed by atoms with Crippen LogP contribution >= 0.6 is 11.8 Å². The van der Waals surface area contributed by atoms with Gasteiger partial charge in [0.15, 0.2) is 5.96 Å². The van der Waals surface area contributed by atoms with E-state index in [4.69, 9.17) is 0 Å². The molecule has 1 atom stereocenters. The van der Waals surface area contributed by atoms with Gasteiger partial charge in [0, 0.05) is 37.6 Å². The highest BCUT2D eigenvalue weighted by atomic mass is 32.2. The predicted molar refractivity (Wildman–Crippen MR) is 97.2 cm³/mol. The average Bonchev–Trinajstić information content (AvgIpc) is 2.97. The van der Waals surface area contributed by atoms with Gasteiger partial charge in [-0.3, -0.25) is 9.89 Å². The van der Waals surface area contributed by atoms with Gasteiger partial charge in [0.2, 0.25) is 0 Å². The molecule has 0 radical (unpaired) electrons. The number of aryl methyl sites for hydroxylation is 1. The molecular formula is C17H25F3N4S. The molecule has 25 heavy (non-hydrogen) atoms. The van der Waals surface area contributed by atoms with E-state index in [1.54, 1.807) is 18.8 Å². The van der Waals surface area contributed by atoms with E-state index < -0.39 is 12.7 Å². The molecule has 4 nitrogen and oxygen atoms in total. The van der Waals surface area contributed by atoms with E-state index in [0.717, 1.165) is 0 Å². The first kappa shape index (κ1) is 19.9. The number of hydrogen-bond donors (Lipinski definition) is 2. The lowest BCUT2D eigenvalue weighted by atomic mass is 10.1. The van der Waals surface area contributed by atoms with Crippen LogP contribution in [0.4, 0.5) is 13.2 Å². The van der Waals surface area contributed by atoms with E-state index in [0.29, 0.717) is 32.0 Å². The highest BCUT2D eigenvalue weighted by Crippen LogP contribution is 2.22. The number of nitrogens with zero attached hydrogens (tertiary/aromatic N) is 2. The lowest BCUT2D eigenvalue weighted by Gasteiger charge is -2.20. The second-order valence-corrected chi connectivity index (χ2v) is 7.07. The van der Waals surface area contributed by atoms with Gasteiger partial charge in [-0.15, -0.1) is 11.8 Å². The van der Waals surface area contributed by atoms with Crippen LogP contribution in [0.1, 0.15) is 17.5 Å². The van der Waals surface area contributed by atoms with Crippen LogP contribution in [0, 0.1) is 6.92 Å². The van der Waals surface area contributed by atoms with Crippen LogP contribution in [0.5, 0.6) is 0 Å². The third kappa shape index (κ3) is 6.43. The molecule has 0 amide bonds. The number of alkyl halides is 3. The van der Waals surface area contributed by atoms with Crippen molar-refractivity contribution in [2.45, 2.75) is 37.0 Å². The minimum absolute atomic E-state index is 0.0217. The lowest BCUT2D eigenvalue weighted by Crippen LogP contribution is -2.45. The molecule has 8 heteroatoms. The Morgan fingerprint density at radius 2 is 2.16 bits per heavy atom. The number of aliphatic imine (C=N–C) groups is 1. The third-order valence-corrected chi connectivity index (χ3v) is 4.95. The fourth-order valence-electron chi connectivity index (χ4n) is 2.91. The molecule has 1 aliphatic heterocycles. The van der Waals surface area contributed by atoms with Gasteiger partial charge >= 0.3 is 6.18 Å². The predicted octanol–water partition coefficient (Wildman–Crippen LogP) is 3.02. The second-order valence-electron chi connectivity index (χ2n) is 6.22. The van der Waals surface area contributed by atoms with Crippen molar-refractivity contribution in [3.05, 3.63) is 29.3 Å². The Morgan fingerprint density at radius 3 is 2.80 bits per heavy atom. The van der Waals surface area contributed by atoms with E-state index in [1.807, 2.05) is 6.26 Å². The normalized spacial score (nSPS) is 19.3. The van der Waals surface area contributed by atoms with Crippen molar-refractivity contribution < 1.29 is 13.2 Å². The number of rotatable bonds is 5. The number of thioether (sulfide) groups is 1. The summed E-state index contributed by atoms with van der Waals surface area (Å²) < 4.78 is 37.4. The quantitative estimate of drug-likeness (QED) is 0.472. The standard InChI is InChI=1S/C17H25F3N4S/c1-12-4-5-13(15(8-12)25-3)9-22-16(21-2)23-14-6-7-24(10-14)11-17(18,19)20/h4-5,8,14H,6-7,9-11H2,1-3H3,(H2,21,22,23). The lowest BCUT2D eigenvalue weighted by molar-refractivity contribution is -0.143. The zero-order chi connectivity index (χ0) is 18.4. The van der Waals surface area contributed by atoms with Crippen LogP contribution in [-0.4, -0.2) is 56.0 Å². The van der Waals surface area contributed by atoms with E-state index in [2.05, 4.69) is 40.7 Å². The van der Waals surface area contributed by atoms with E-state index >= 15 is 0 Å². The second kappa shape index (κ2) is 8.80. The topological polar surface area (TPSA) is 39.7 Å². The first-order valence-electron chi connectivity index (χ1n) is 8.20. The Kier molecular flexibility index (Phi) is 7.01. The summed E-state index contributed by atoms with van der Waals surface area (Å²) in [4.78, 5) is 6.82. The molecule has 1 unspecified atom stereocenters. The molecule has 1 aromatic carbocycles. The molecule has 1 aliphatic rings. The third-order valence-electron chi connectivity index (χ3n) is 4.13. The molecule has 1 heterocycles. The van der Waals surface area contributed by atoms with Crippen LogP contribution in [0.15, 0.2) is 28.1 Å². The van der Waals surface area contributed by atoms with Crippen molar-refractivity contribution in [1.29, 1.82) is 0 Å². The molecule has 0 bridgehead atoms. The van der Waals surface area contributed by atoms with Gasteiger partial charge in [-0.2, -0.15) is 13.2 Å². The van der Waals surface area contributed by atoms with Crippen molar-refractivity contribution in [1.82, 2.24) is 15.5 Å². The number of halogens is 3. The summed E-state index contributed by atoms with van der Waals surface area (Å²) in [5.41, 5.74) is 2.39. The maximum Gasteiger partial charge on any atom is 0.401 e. The van der Waals surface area contributed by atoms with E-state index in [1.165, 1.54) is 20.9 Å². The minimum atomic E-state index is -4.14. The zero-order valence-electron chi connectivity index (χ0n) is 14.8. The first-order valence-corrected chi connectivity index (χ1v) is 9.43. The number of guanidine groups is 1. The fourth-order valence-corrected chi connectivity index (χ4v) is 3.62. The Labute approximate surface area is 151 Å². The monoisotopic (exact) mass is 374 g/mol. The summed E-state index contributed by atoms with van der Waals surface area (Å²) in [6.45, 7) is 2.65. The molecule has 2 N–H and O–H groups in total. The van der Waals surface area contributed by atoms with Gasteiger partial charge in [-0.25, -0.2) is 0 Å². The summed E-state index contributed by atoms with van der Waals surface area (Å²) in [5, 5.41) is 6.48. The molecule has 1 fully saturated rings. The average molecular weight is 374 g/mol. The number of benzene rings is 1. The maximum atomic E-state index is 12.5. The van der Waals surface area contributed by atoms with Crippen LogP contribution in [-0.2, 0) is 6.54 Å². The number of likely N-dealkylation sites (tertiary alicyclic amines) is 1. The molecule has 0 aromatic heterocycles. The summed E-state index contributed by atoms with van der Waals surface area (Å²) in [7, 11) is 1.67. The first-order chi connectivity index (χ1) is 11.8. The molecule has 2 rings (SSSR count). The summed E-state index contributed by atoms with van der Waals surface area (Å²) in [6.07, 6.45) is -1.43. The molecule has 0 aliphatic carbocycles. The Hall–Kier alpha value is -1.41. The van der Waals surface area contributed by atoms with Gasteiger partial charge in [-0.05, 0) is 36.8 Å². The Morgan fingerprint density at radius 1 is 1.40 bits per heavy atom. The van der Waals surface area contributed by atoms with E-state index in [-0.39, 0.29) is 6.04 Å². The largest absolute Gasteiger partial charge is 0.401 e. The van der Waals surface area contributed by atoms with Crippen molar-refractivity contribution in [3.63, 3.8) is 0 Å². The minimum Gasteiger partial charge on any atom is -0.352 e. The van der Waals surface area contributed by atoms with Gasteiger partial charge in [0.1, 0.15) is 0 Å². The van der Waals surface area contributed by atoms with E-state index in [9.17, 15) is 13.2 Å². The van der Waals surface area contributed by atoms with Crippen LogP contribution < -0.4 is 10.6 Å². The summed E-state index contributed by atoms with van der Waals surface area (Å²) in [5.74, 6) is 0.617. The van der Waals surface area contributed by atoms with Crippen molar-refractivity contribution >= 4 is 17.7 Å². The van der Waals surface area contributed by atoms with Gasteiger partial charge < -0.3 is 10.6 Å². The summed E-state index contributed by atoms with van der Waals surface area (Å²) >= 11 is 1.69. The molecule has 140 valence electrons. The molecule has 0 saturated carbocycles. The van der Waals surface area contributed by atoms with Crippen molar-refractivity contribution in [3.8, 4) is 0 Å². The summed E-state index contributed by atoms with van der Waals surface area (Å²) in [6, 6.07) is 6.27. The van der Waals surface area contributed by atoms with Gasteiger partial charge in [0.05, 0.1) is 6.54 Å². The molecule has 1 aromatic rings.